The lowest BCUT2D eigenvalue weighted by Gasteiger charge is -2.34. The Labute approximate surface area is 113 Å². The lowest BCUT2D eigenvalue weighted by atomic mass is 9.97. The first-order valence-corrected chi connectivity index (χ1v) is 6.54. The Kier molecular flexibility index (Phi) is 4.50. The minimum absolute atomic E-state index is 0.0437. The van der Waals surface area contributed by atoms with Gasteiger partial charge in [-0.3, -0.25) is 4.79 Å². The molecule has 0 bridgehead atoms. The second kappa shape index (κ2) is 6.12. The van der Waals surface area contributed by atoms with Crippen LogP contribution in [0.5, 0.6) is 0 Å². The lowest BCUT2D eigenvalue weighted by Crippen LogP contribution is -2.49. The van der Waals surface area contributed by atoms with E-state index >= 15 is 0 Å². The van der Waals surface area contributed by atoms with Crippen molar-refractivity contribution in [1.82, 2.24) is 9.80 Å². The molecule has 0 aliphatic carbocycles. The molecule has 1 unspecified atom stereocenters. The van der Waals surface area contributed by atoms with Crippen LogP contribution < -0.4 is 5.73 Å². The largest absolute Gasteiger partial charge is 0.340 e. The van der Waals surface area contributed by atoms with Crippen LogP contribution in [-0.2, 0) is 4.79 Å². The van der Waals surface area contributed by atoms with Gasteiger partial charge in [-0.2, -0.15) is 0 Å². The summed E-state index contributed by atoms with van der Waals surface area (Å²) in [7, 11) is 2.04. The predicted molar refractivity (Wildman–Crippen MR) is 72.3 cm³/mol. The number of carbonyl (C=O) groups is 1. The Balaban J connectivity index is 2.08. The molecular weight excluding hydrogens is 245 g/mol. The maximum Gasteiger partial charge on any atom is 0.231 e. The monoisotopic (exact) mass is 265 g/mol. The molecule has 0 spiro atoms. The van der Waals surface area contributed by atoms with Gasteiger partial charge in [-0.15, -0.1) is 0 Å². The molecule has 1 atom stereocenters. The van der Waals surface area contributed by atoms with E-state index in [0.29, 0.717) is 0 Å². The summed E-state index contributed by atoms with van der Waals surface area (Å²) in [6.07, 6.45) is 0. The van der Waals surface area contributed by atoms with Crippen LogP contribution in [-0.4, -0.2) is 55.5 Å². The molecule has 19 heavy (non-hydrogen) atoms. The number of carbonyl (C=O) groups excluding carboxylic acids is 1. The minimum atomic E-state index is -0.371. The molecule has 1 aliphatic heterocycles. The van der Waals surface area contributed by atoms with Crippen LogP contribution in [0, 0.1) is 5.82 Å². The summed E-state index contributed by atoms with van der Waals surface area (Å²) in [5.41, 5.74) is 6.51. The van der Waals surface area contributed by atoms with Gasteiger partial charge in [-0.05, 0) is 24.7 Å². The van der Waals surface area contributed by atoms with Gasteiger partial charge in [0.2, 0.25) is 5.91 Å². The van der Waals surface area contributed by atoms with Gasteiger partial charge in [0.05, 0.1) is 5.92 Å². The predicted octanol–water partition coefficient (Wildman–Crippen LogP) is 0.642. The topological polar surface area (TPSA) is 49.6 Å². The first kappa shape index (κ1) is 14.0. The summed E-state index contributed by atoms with van der Waals surface area (Å²) >= 11 is 0. The van der Waals surface area contributed by atoms with Crippen LogP contribution in [0.3, 0.4) is 0 Å². The van der Waals surface area contributed by atoms with E-state index in [9.17, 15) is 9.18 Å². The maximum atomic E-state index is 12.9. The number of nitrogens with zero attached hydrogens (tertiary/aromatic N) is 2. The van der Waals surface area contributed by atoms with Crippen LogP contribution in [0.15, 0.2) is 24.3 Å². The molecule has 1 fully saturated rings. The normalized spacial score (nSPS) is 18.4. The molecule has 0 aromatic heterocycles. The number of benzene rings is 1. The molecule has 104 valence electrons. The zero-order valence-electron chi connectivity index (χ0n) is 11.2. The van der Waals surface area contributed by atoms with E-state index in [2.05, 4.69) is 4.90 Å². The third-order valence-corrected chi connectivity index (χ3v) is 3.62. The Hall–Kier alpha value is -1.46. The maximum absolute atomic E-state index is 12.9. The van der Waals surface area contributed by atoms with Crippen molar-refractivity contribution in [2.75, 3.05) is 39.8 Å². The highest BCUT2D eigenvalue weighted by atomic mass is 19.1. The van der Waals surface area contributed by atoms with Crippen molar-refractivity contribution in [1.29, 1.82) is 0 Å². The standard InChI is InChI=1S/C14H20FN3O/c1-17-6-8-18(9-7-17)14(19)13(10-16)11-2-4-12(15)5-3-11/h2-5,13H,6-10,16H2,1H3. The van der Waals surface area contributed by atoms with Crippen LogP contribution in [0.1, 0.15) is 11.5 Å². The van der Waals surface area contributed by atoms with E-state index in [1.807, 2.05) is 11.9 Å². The summed E-state index contributed by atoms with van der Waals surface area (Å²) in [6, 6.07) is 6.02. The number of rotatable bonds is 3. The fraction of sp³-hybridized carbons (Fsp3) is 0.500. The molecule has 1 aromatic rings. The SMILES string of the molecule is CN1CCN(C(=O)C(CN)c2ccc(F)cc2)CC1. The second-order valence-corrected chi connectivity index (χ2v) is 4.97. The minimum Gasteiger partial charge on any atom is -0.340 e. The average Bonchev–Trinajstić information content (AvgIpc) is 2.42. The second-order valence-electron chi connectivity index (χ2n) is 4.97. The van der Waals surface area contributed by atoms with Gasteiger partial charge in [0.25, 0.3) is 0 Å². The third-order valence-electron chi connectivity index (χ3n) is 3.62. The van der Waals surface area contributed by atoms with E-state index in [1.54, 1.807) is 12.1 Å². The van der Waals surface area contributed by atoms with E-state index in [0.717, 1.165) is 31.7 Å². The number of halogens is 1. The molecule has 1 aliphatic rings. The van der Waals surface area contributed by atoms with Crippen molar-refractivity contribution in [3.8, 4) is 0 Å². The Morgan fingerprint density at radius 3 is 2.37 bits per heavy atom. The number of likely N-dealkylation sites (N-methyl/N-ethyl adjacent to an activating group) is 1. The van der Waals surface area contributed by atoms with E-state index in [-0.39, 0.29) is 24.2 Å². The van der Waals surface area contributed by atoms with Crippen LogP contribution in [0.25, 0.3) is 0 Å². The fourth-order valence-corrected chi connectivity index (χ4v) is 2.32. The van der Waals surface area contributed by atoms with Crippen LogP contribution in [0.2, 0.25) is 0 Å². The number of hydrogen-bond acceptors (Lipinski definition) is 3. The first-order valence-electron chi connectivity index (χ1n) is 6.54. The smallest absolute Gasteiger partial charge is 0.231 e. The Bertz CT molecular complexity index is 427. The summed E-state index contributed by atoms with van der Waals surface area (Å²) in [5.74, 6) is -0.627. The molecule has 1 aromatic carbocycles. The molecule has 2 N–H and O–H groups in total. The van der Waals surface area contributed by atoms with Crippen LogP contribution in [0.4, 0.5) is 4.39 Å². The van der Waals surface area contributed by atoms with Gasteiger partial charge in [0.1, 0.15) is 5.82 Å². The molecule has 2 rings (SSSR count). The highest BCUT2D eigenvalue weighted by Crippen LogP contribution is 2.19. The van der Waals surface area contributed by atoms with Gasteiger partial charge in [0.15, 0.2) is 0 Å². The highest BCUT2D eigenvalue weighted by molar-refractivity contribution is 5.84. The van der Waals surface area contributed by atoms with Crippen molar-refractivity contribution in [2.24, 2.45) is 5.73 Å². The quantitative estimate of drug-likeness (QED) is 0.872. The van der Waals surface area contributed by atoms with Gasteiger partial charge in [0, 0.05) is 32.7 Å². The molecule has 0 saturated carbocycles. The van der Waals surface area contributed by atoms with Gasteiger partial charge in [-0.1, -0.05) is 12.1 Å². The Morgan fingerprint density at radius 2 is 1.84 bits per heavy atom. The molecule has 0 radical (unpaired) electrons. The zero-order chi connectivity index (χ0) is 13.8. The van der Waals surface area contributed by atoms with Crippen LogP contribution >= 0.6 is 0 Å². The van der Waals surface area contributed by atoms with Gasteiger partial charge >= 0.3 is 0 Å². The molecule has 1 amide bonds. The van der Waals surface area contributed by atoms with Gasteiger partial charge in [-0.25, -0.2) is 4.39 Å². The summed E-state index contributed by atoms with van der Waals surface area (Å²) in [5, 5.41) is 0. The summed E-state index contributed by atoms with van der Waals surface area (Å²) in [4.78, 5) is 16.5. The van der Waals surface area contributed by atoms with E-state index in [1.165, 1.54) is 12.1 Å². The van der Waals surface area contributed by atoms with E-state index < -0.39 is 0 Å². The van der Waals surface area contributed by atoms with Crippen molar-refractivity contribution in [3.63, 3.8) is 0 Å². The Morgan fingerprint density at radius 1 is 1.26 bits per heavy atom. The summed E-state index contributed by atoms with van der Waals surface area (Å²) < 4.78 is 12.9. The summed E-state index contributed by atoms with van der Waals surface area (Å²) in [6.45, 7) is 3.47. The van der Waals surface area contributed by atoms with Crippen molar-refractivity contribution in [3.05, 3.63) is 35.6 Å². The fourth-order valence-electron chi connectivity index (χ4n) is 2.32. The third kappa shape index (κ3) is 3.30. The van der Waals surface area contributed by atoms with Crippen molar-refractivity contribution < 1.29 is 9.18 Å². The molecule has 1 saturated heterocycles. The zero-order valence-corrected chi connectivity index (χ0v) is 11.2. The molecule has 5 heteroatoms. The highest BCUT2D eigenvalue weighted by Gasteiger charge is 2.26. The first-order chi connectivity index (χ1) is 9.11. The molecule has 1 heterocycles. The van der Waals surface area contributed by atoms with Crippen molar-refractivity contribution >= 4 is 5.91 Å². The number of amides is 1. The molecular formula is C14H20FN3O. The van der Waals surface area contributed by atoms with Crippen molar-refractivity contribution in [2.45, 2.75) is 5.92 Å². The molecule has 4 nitrogen and oxygen atoms in total. The number of piperazine rings is 1. The van der Waals surface area contributed by atoms with Gasteiger partial charge < -0.3 is 15.5 Å². The number of nitrogens with two attached hydrogens (primary N) is 1. The lowest BCUT2D eigenvalue weighted by molar-refractivity contribution is -0.134. The average molecular weight is 265 g/mol. The van der Waals surface area contributed by atoms with E-state index in [4.69, 9.17) is 5.73 Å². The number of hydrogen-bond donors (Lipinski definition) is 1.